The fourth-order valence-electron chi connectivity index (χ4n) is 3.60. The van der Waals surface area contributed by atoms with E-state index in [1.165, 1.54) is 28.0 Å². The lowest BCUT2D eigenvalue weighted by Crippen LogP contribution is -2.23. The lowest BCUT2D eigenvalue weighted by atomic mass is 9.85. The molecule has 1 aliphatic heterocycles. The quantitative estimate of drug-likeness (QED) is 0.278. The van der Waals surface area contributed by atoms with Crippen molar-refractivity contribution in [2.24, 2.45) is 0 Å². The maximum atomic E-state index is 13.7. The zero-order chi connectivity index (χ0) is 23.4. The highest BCUT2D eigenvalue weighted by atomic mass is 32.2. The number of alkyl halides is 3. The standard InChI is InChI=1S/C22H28F4N2O2S2/c1-4-29-11-9-21(2,3)20-14-18(28(27-20)32-26)19-13-17(8-10-30-19)31-16-7-5-6-15(12-16)22(23,24)25/h5-7,12,14,17,19H,4,8-11,13H2,1-3H3. The van der Waals surface area contributed by atoms with Crippen molar-refractivity contribution in [1.82, 2.24) is 9.19 Å². The second-order valence-electron chi connectivity index (χ2n) is 8.38. The summed E-state index contributed by atoms with van der Waals surface area (Å²) in [6.45, 7) is 7.69. The fraction of sp³-hybridized carbons (Fsp3) is 0.591. The van der Waals surface area contributed by atoms with Gasteiger partial charge in [0.1, 0.15) is 6.10 Å². The molecule has 1 aromatic heterocycles. The molecule has 0 amide bonds. The van der Waals surface area contributed by atoms with Crippen LogP contribution in [0.25, 0.3) is 0 Å². The smallest absolute Gasteiger partial charge is 0.382 e. The van der Waals surface area contributed by atoms with Gasteiger partial charge in [0.05, 0.1) is 17.0 Å². The first-order chi connectivity index (χ1) is 15.1. The molecule has 1 saturated heterocycles. The Bertz CT molecular complexity index is 889. The summed E-state index contributed by atoms with van der Waals surface area (Å²) in [6, 6.07) is 7.23. The first-order valence-corrected chi connectivity index (χ1v) is 12.1. The SMILES string of the molecule is CCOCCC(C)(C)c1cc(C2CC(Sc3cccc(C(F)(F)F)c3)CCO2)n(SF)n1. The van der Waals surface area contributed by atoms with Crippen LogP contribution in [0.3, 0.4) is 0 Å². The molecule has 2 heterocycles. The summed E-state index contributed by atoms with van der Waals surface area (Å²) >= 11 is 1.43. The molecule has 0 aliphatic carbocycles. The third-order valence-electron chi connectivity index (χ3n) is 5.57. The molecule has 0 bridgehead atoms. The van der Waals surface area contributed by atoms with Gasteiger partial charge in [0, 0.05) is 35.4 Å². The van der Waals surface area contributed by atoms with E-state index in [2.05, 4.69) is 5.10 Å². The lowest BCUT2D eigenvalue weighted by Gasteiger charge is -2.29. The Hall–Kier alpha value is -1.23. The van der Waals surface area contributed by atoms with Crippen LogP contribution in [0.2, 0.25) is 0 Å². The van der Waals surface area contributed by atoms with Gasteiger partial charge in [-0.15, -0.1) is 15.6 Å². The van der Waals surface area contributed by atoms with Crippen molar-refractivity contribution in [3.8, 4) is 0 Å². The van der Waals surface area contributed by atoms with E-state index in [0.29, 0.717) is 43.3 Å². The van der Waals surface area contributed by atoms with E-state index in [0.717, 1.165) is 18.2 Å². The number of ether oxygens (including phenoxy) is 2. The molecular formula is C22H28F4N2O2S2. The number of rotatable bonds is 9. The van der Waals surface area contributed by atoms with Gasteiger partial charge in [-0.05, 0) is 50.5 Å². The van der Waals surface area contributed by atoms with Gasteiger partial charge in [-0.25, -0.2) is 0 Å². The molecule has 0 N–H and O–H groups in total. The van der Waals surface area contributed by atoms with Crippen LogP contribution in [-0.2, 0) is 21.1 Å². The zero-order valence-electron chi connectivity index (χ0n) is 18.3. The van der Waals surface area contributed by atoms with E-state index < -0.39 is 11.7 Å². The molecule has 1 aliphatic rings. The normalized spacial score (nSPS) is 20.0. The van der Waals surface area contributed by atoms with Gasteiger partial charge >= 0.3 is 6.18 Å². The molecule has 1 fully saturated rings. The van der Waals surface area contributed by atoms with Gasteiger partial charge < -0.3 is 9.47 Å². The van der Waals surface area contributed by atoms with E-state index in [-0.39, 0.29) is 29.1 Å². The van der Waals surface area contributed by atoms with Gasteiger partial charge in [-0.1, -0.05) is 19.9 Å². The third kappa shape index (κ3) is 6.42. The molecule has 0 radical (unpaired) electrons. The van der Waals surface area contributed by atoms with Gasteiger partial charge in [0.2, 0.25) is 0 Å². The average Bonchev–Trinajstić information content (AvgIpc) is 3.19. The molecule has 2 atom stereocenters. The van der Waals surface area contributed by atoms with Crippen LogP contribution in [0.4, 0.5) is 17.1 Å². The molecule has 2 unspecified atom stereocenters. The zero-order valence-corrected chi connectivity index (χ0v) is 20.0. The predicted molar refractivity (Wildman–Crippen MR) is 119 cm³/mol. The Morgan fingerprint density at radius 2 is 2.03 bits per heavy atom. The largest absolute Gasteiger partial charge is 0.416 e. The first kappa shape index (κ1) is 25.4. The minimum absolute atomic E-state index is 0.0268. The van der Waals surface area contributed by atoms with Crippen molar-refractivity contribution in [3.63, 3.8) is 0 Å². The van der Waals surface area contributed by atoms with E-state index in [9.17, 15) is 17.1 Å². The summed E-state index contributed by atoms with van der Waals surface area (Å²) in [7, 11) is 0. The maximum absolute atomic E-state index is 13.7. The highest BCUT2D eigenvalue weighted by Crippen LogP contribution is 2.41. The topological polar surface area (TPSA) is 36.3 Å². The number of benzene rings is 1. The monoisotopic (exact) mass is 492 g/mol. The van der Waals surface area contributed by atoms with Gasteiger partial charge in [-0.3, -0.25) is 0 Å². The highest BCUT2D eigenvalue weighted by molar-refractivity contribution is 8.00. The lowest BCUT2D eigenvalue weighted by molar-refractivity contribution is -0.137. The highest BCUT2D eigenvalue weighted by Gasteiger charge is 2.33. The van der Waals surface area contributed by atoms with E-state index in [4.69, 9.17) is 9.47 Å². The van der Waals surface area contributed by atoms with Gasteiger partial charge in [-0.2, -0.15) is 22.4 Å². The molecule has 0 spiro atoms. The molecule has 4 nitrogen and oxygen atoms in total. The van der Waals surface area contributed by atoms with Crippen LogP contribution in [0.15, 0.2) is 35.2 Å². The van der Waals surface area contributed by atoms with Crippen molar-refractivity contribution < 1.29 is 26.5 Å². The first-order valence-electron chi connectivity index (χ1n) is 10.6. The number of hydrogen-bond donors (Lipinski definition) is 0. The molecule has 2 aromatic rings. The van der Waals surface area contributed by atoms with Crippen molar-refractivity contribution in [2.45, 2.75) is 67.9 Å². The summed E-state index contributed by atoms with van der Waals surface area (Å²) in [5.41, 5.74) is 0.433. The molecule has 1 aromatic carbocycles. The summed E-state index contributed by atoms with van der Waals surface area (Å²) in [4.78, 5) is 0.566. The van der Waals surface area contributed by atoms with Crippen molar-refractivity contribution in [1.29, 1.82) is 0 Å². The molecular weight excluding hydrogens is 464 g/mol. The van der Waals surface area contributed by atoms with Crippen molar-refractivity contribution in [3.05, 3.63) is 47.3 Å². The summed E-state index contributed by atoms with van der Waals surface area (Å²) in [5, 5.41) is 4.49. The van der Waals surface area contributed by atoms with Crippen LogP contribution in [-0.4, -0.2) is 34.3 Å². The number of thioether (sulfide) groups is 1. The Morgan fingerprint density at radius 1 is 1.25 bits per heavy atom. The number of nitrogens with zero attached hydrogens (tertiary/aromatic N) is 2. The van der Waals surface area contributed by atoms with Crippen molar-refractivity contribution >= 4 is 24.1 Å². The van der Waals surface area contributed by atoms with Crippen LogP contribution < -0.4 is 0 Å². The third-order valence-corrected chi connectivity index (χ3v) is 7.28. The number of hydrogen-bond acceptors (Lipinski definition) is 5. The summed E-state index contributed by atoms with van der Waals surface area (Å²) in [6.07, 6.45) is -2.73. The Morgan fingerprint density at radius 3 is 2.72 bits per heavy atom. The fourth-order valence-corrected chi connectivity index (χ4v) is 5.19. The summed E-state index contributed by atoms with van der Waals surface area (Å²) < 4.78 is 65.4. The van der Waals surface area contributed by atoms with Gasteiger partial charge in [0.15, 0.2) is 12.3 Å². The van der Waals surface area contributed by atoms with E-state index in [1.54, 1.807) is 6.07 Å². The molecule has 10 heteroatoms. The number of halogens is 4. The minimum Gasteiger partial charge on any atom is -0.382 e. The second-order valence-corrected chi connectivity index (χ2v) is 10.2. The van der Waals surface area contributed by atoms with Crippen LogP contribution >= 0.6 is 24.1 Å². The van der Waals surface area contributed by atoms with E-state index >= 15 is 0 Å². The Kier molecular flexibility index (Phi) is 8.57. The minimum atomic E-state index is -4.37. The maximum Gasteiger partial charge on any atom is 0.416 e. The molecule has 32 heavy (non-hydrogen) atoms. The van der Waals surface area contributed by atoms with Crippen molar-refractivity contribution in [2.75, 3.05) is 19.8 Å². The number of aromatic nitrogens is 2. The average molecular weight is 493 g/mol. The van der Waals surface area contributed by atoms with E-state index in [1.807, 2.05) is 26.8 Å². The van der Waals surface area contributed by atoms with Crippen LogP contribution in [0, 0.1) is 0 Å². The molecule has 0 saturated carbocycles. The Balaban J connectivity index is 1.73. The second kappa shape index (κ2) is 10.8. The summed E-state index contributed by atoms with van der Waals surface area (Å²) in [5.74, 6) is 0. The predicted octanol–water partition coefficient (Wildman–Crippen LogP) is 7.00. The molecule has 178 valence electrons. The Labute approximate surface area is 194 Å². The van der Waals surface area contributed by atoms with Crippen LogP contribution in [0.5, 0.6) is 0 Å². The van der Waals surface area contributed by atoms with Crippen LogP contribution in [0.1, 0.15) is 63.1 Å². The van der Waals surface area contributed by atoms with Gasteiger partial charge in [0.25, 0.3) is 0 Å². The molecule has 3 rings (SSSR count).